The van der Waals surface area contributed by atoms with Crippen molar-refractivity contribution in [3.8, 4) is 5.75 Å². The van der Waals surface area contributed by atoms with Crippen molar-refractivity contribution in [2.24, 2.45) is 5.73 Å². The number of rotatable bonds is 8. The summed E-state index contributed by atoms with van der Waals surface area (Å²) in [5.41, 5.74) is 6.72. The lowest BCUT2D eigenvalue weighted by Crippen LogP contribution is -2.22. The number of nitrogens with one attached hydrogen (secondary N) is 1. The molecule has 1 heterocycles. The van der Waals surface area contributed by atoms with Gasteiger partial charge < -0.3 is 20.3 Å². The molecular weight excluding hydrogens is 318 g/mol. The summed E-state index contributed by atoms with van der Waals surface area (Å²) in [5, 5.41) is 7.03. The molecular formula is C16H20ClN3O3. The van der Waals surface area contributed by atoms with Gasteiger partial charge in [-0.3, -0.25) is 4.79 Å². The maximum atomic E-state index is 12.1. The van der Waals surface area contributed by atoms with Gasteiger partial charge in [-0.15, -0.1) is 0 Å². The number of hydrogen-bond donors (Lipinski definition) is 2. The molecule has 124 valence electrons. The van der Waals surface area contributed by atoms with Crippen LogP contribution in [0.5, 0.6) is 5.75 Å². The van der Waals surface area contributed by atoms with Crippen molar-refractivity contribution in [1.29, 1.82) is 0 Å². The Hall–Kier alpha value is -2.05. The van der Waals surface area contributed by atoms with Crippen molar-refractivity contribution < 1.29 is 14.1 Å². The standard InChI is InChI=1S/C16H20ClN3O3/c1-2-12-9-13(23-20-12)10-19-16(21)11-4-5-15(14(17)8-11)22-7-3-6-18/h4-5,8-9H,2-3,6-7,10,18H2,1H3,(H,19,21). The highest BCUT2D eigenvalue weighted by Crippen LogP contribution is 2.25. The van der Waals surface area contributed by atoms with E-state index in [-0.39, 0.29) is 12.5 Å². The first kappa shape index (κ1) is 17.3. The van der Waals surface area contributed by atoms with Gasteiger partial charge in [0.05, 0.1) is 23.9 Å². The van der Waals surface area contributed by atoms with Gasteiger partial charge in [0.2, 0.25) is 0 Å². The average Bonchev–Trinajstić information content (AvgIpc) is 3.02. The average molecular weight is 338 g/mol. The zero-order chi connectivity index (χ0) is 16.7. The Morgan fingerprint density at radius 3 is 2.91 bits per heavy atom. The van der Waals surface area contributed by atoms with Crippen LogP contribution in [0.15, 0.2) is 28.8 Å². The van der Waals surface area contributed by atoms with Crippen molar-refractivity contribution in [3.63, 3.8) is 0 Å². The van der Waals surface area contributed by atoms with Crippen LogP contribution in [0.4, 0.5) is 0 Å². The lowest BCUT2D eigenvalue weighted by Gasteiger charge is -2.09. The molecule has 1 aromatic carbocycles. The molecule has 23 heavy (non-hydrogen) atoms. The van der Waals surface area contributed by atoms with Gasteiger partial charge in [-0.05, 0) is 37.6 Å². The Morgan fingerprint density at radius 1 is 1.43 bits per heavy atom. The number of nitrogens with zero attached hydrogens (tertiary/aromatic N) is 1. The van der Waals surface area contributed by atoms with E-state index in [9.17, 15) is 4.79 Å². The van der Waals surface area contributed by atoms with Gasteiger partial charge in [0.25, 0.3) is 5.91 Å². The zero-order valence-electron chi connectivity index (χ0n) is 13.0. The van der Waals surface area contributed by atoms with Gasteiger partial charge in [0, 0.05) is 11.6 Å². The maximum absolute atomic E-state index is 12.1. The molecule has 1 amide bonds. The first-order valence-corrected chi connectivity index (χ1v) is 7.87. The fraction of sp³-hybridized carbons (Fsp3) is 0.375. The summed E-state index contributed by atoms with van der Waals surface area (Å²) >= 11 is 6.13. The lowest BCUT2D eigenvalue weighted by molar-refractivity contribution is 0.0947. The molecule has 0 unspecified atom stereocenters. The summed E-state index contributed by atoms with van der Waals surface area (Å²) in [7, 11) is 0. The van der Waals surface area contributed by atoms with E-state index in [2.05, 4.69) is 10.5 Å². The van der Waals surface area contributed by atoms with Gasteiger partial charge in [-0.1, -0.05) is 23.7 Å². The highest BCUT2D eigenvalue weighted by atomic mass is 35.5. The van der Waals surface area contributed by atoms with Gasteiger partial charge in [-0.2, -0.15) is 0 Å². The minimum atomic E-state index is -0.241. The van der Waals surface area contributed by atoms with Crippen molar-refractivity contribution in [3.05, 3.63) is 46.3 Å². The Balaban J connectivity index is 1.92. The summed E-state index contributed by atoms with van der Waals surface area (Å²) < 4.78 is 10.6. The predicted octanol–water partition coefficient (Wildman–Crippen LogP) is 2.55. The van der Waals surface area contributed by atoms with Crippen molar-refractivity contribution in [2.75, 3.05) is 13.2 Å². The zero-order valence-corrected chi connectivity index (χ0v) is 13.7. The van der Waals surface area contributed by atoms with E-state index >= 15 is 0 Å². The van der Waals surface area contributed by atoms with Crippen LogP contribution >= 0.6 is 11.6 Å². The monoisotopic (exact) mass is 337 g/mol. The smallest absolute Gasteiger partial charge is 0.251 e. The van der Waals surface area contributed by atoms with Gasteiger partial charge in [0.1, 0.15) is 5.75 Å². The number of hydrogen-bond acceptors (Lipinski definition) is 5. The number of nitrogens with two attached hydrogens (primary N) is 1. The minimum Gasteiger partial charge on any atom is -0.492 e. The second kappa shape index (κ2) is 8.55. The molecule has 2 aromatic rings. The maximum Gasteiger partial charge on any atom is 0.251 e. The topological polar surface area (TPSA) is 90.4 Å². The normalized spacial score (nSPS) is 10.6. The third kappa shape index (κ3) is 4.97. The second-order valence-electron chi connectivity index (χ2n) is 4.96. The summed E-state index contributed by atoms with van der Waals surface area (Å²) in [6.07, 6.45) is 1.54. The largest absolute Gasteiger partial charge is 0.492 e. The van der Waals surface area contributed by atoms with E-state index in [0.29, 0.717) is 35.2 Å². The Morgan fingerprint density at radius 2 is 2.26 bits per heavy atom. The van der Waals surface area contributed by atoms with Crippen LogP contribution in [-0.4, -0.2) is 24.2 Å². The first-order chi connectivity index (χ1) is 11.1. The van der Waals surface area contributed by atoms with Crippen LogP contribution in [0.2, 0.25) is 5.02 Å². The number of aryl methyl sites for hydroxylation is 1. The number of aromatic nitrogens is 1. The first-order valence-electron chi connectivity index (χ1n) is 7.49. The van der Waals surface area contributed by atoms with Gasteiger partial charge >= 0.3 is 0 Å². The van der Waals surface area contributed by atoms with Crippen LogP contribution in [0.25, 0.3) is 0 Å². The van der Waals surface area contributed by atoms with Crippen molar-refractivity contribution >= 4 is 17.5 Å². The molecule has 2 rings (SSSR count). The SMILES string of the molecule is CCc1cc(CNC(=O)c2ccc(OCCCN)c(Cl)c2)on1. The quantitative estimate of drug-likeness (QED) is 0.722. The third-order valence-corrected chi connectivity index (χ3v) is 3.49. The fourth-order valence-corrected chi connectivity index (χ4v) is 2.13. The number of benzene rings is 1. The Kier molecular flexibility index (Phi) is 6.43. The summed E-state index contributed by atoms with van der Waals surface area (Å²) in [4.78, 5) is 12.1. The number of carbonyl (C=O) groups excluding carboxylic acids is 1. The summed E-state index contributed by atoms with van der Waals surface area (Å²) in [5.74, 6) is 0.914. The van der Waals surface area contributed by atoms with Gasteiger partial charge in [-0.25, -0.2) is 0 Å². The Labute approximate surface area is 139 Å². The van der Waals surface area contributed by atoms with Gasteiger partial charge in [0.15, 0.2) is 5.76 Å². The summed E-state index contributed by atoms with van der Waals surface area (Å²) in [6, 6.07) is 6.74. The highest BCUT2D eigenvalue weighted by Gasteiger charge is 2.11. The minimum absolute atomic E-state index is 0.241. The Bertz CT molecular complexity index is 658. The molecule has 0 aliphatic carbocycles. The van der Waals surface area contributed by atoms with Crippen LogP contribution in [0, 0.1) is 0 Å². The number of ether oxygens (including phenoxy) is 1. The molecule has 6 nitrogen and oxygen atoms in total. The predicted molar refractivity (Wildman–Crippen MR) is 87.7 cm³/mol. The number of amides is 1. The van der Waals surface area contributed by atoms with E-state index in [0.717, 1.165) is 18.5 Å². The van der Waals surface area contributed by atoms with Crippen LogP contribution < -0.4 is 15.8 Å². The molecule has 0 spiro atoms. The van der Waals surface area contributed by atoms with Crippen LogP contribution in [-0.2, 0) is 13.0 Å². The number of halogens is 1. The fourth-order valence-electron chi connectivity index (χ4n) is 1.90. The molecule has 0 saturated carbocycles. The van der Waals surface area contributed by atoms with Crippen LogP contribution in [0.3, 0.4) is 0 Å². The van der Waals surface area contributed by atoms with Crippen molar-refractivity contribution in [2.45, 2.75) is 26.3 Å². The molecule has 0 radical (unpaired) electrons. The van der Waals surface area contributed by atoms with E-state index in [1.165, 1.54) is 0 Å². The third-order valence-electron chi connectivity index (χ3n) is 3.19. The highest BCUT2D eigenvalue weighted by molar-refractivity contribution is 6.32. The van der Waals surface area contributed by atoms with E-state index in [4.69, 9.17) is 26.6 Å². The second-order valence-corrected chi connectivity index (χ2v) is 5.36. The van der Waals surface area contributed by atoms with E-state index < -0.39 is 0 Å². The molecule has 0 atom stereocenters. The molecule has 0 bridgehead atoms. The molecule has 3 N–H and O–H groups in total. The molecule has 0 aliphatic heterocycles. The van der Waals surface area contributed by atoms with Crippen molar-refractivity contribution in [1.82, 2.24) is 10.5 Å². The molecule has 7 heteroatoms. The molecule has 0 fully saturated rings. The summed E-state index contributed by atoms with van der Waals surface area (Å²) in [6.45, 7) is 3.31. The van der Waals surface area contributed by atoms with E-state index in [1.807, 2.05) is 13.0 Å². The number of carbonyl (C=O) groups is 1. The molecule has 1 aromatic heterocycles. The van der Waals surface area contributed by atoms with Crippen LogP contribution in [0.1, 0.15) is 35.2 Å². The van der Waals surface area contributed by atoms with E-state index in [1.54, 1.807) is 18.2 Å². The molecule has 0 saturated heterocycles. The lowest BCUT2D eigenvalue weighted by atomic mass is 10.2. The molecule has 0 aliphatic rings.